The summed E-state index contributed by atoms with van der Waals surface area (Å²) in [5.74, 6) is 0. The van der Waals surface area contributed by atoms with Gasteiger partial charge in [-0.05, 0) is 25.0 Å². The lowest BCUT2D eigenvalue weighted by molar-refractivity contribution is -0.00000269. The molecule has 0 aromatic heterocycles. The van der Waals surface area contributed by atoms with E-state index in [0.717, 1.165) is 6.04 Å². The summed E-state index contributed by atoms with van der Waals surface area (Å²) in [6, 6.07) is 11.3. The number of anilines is 1. The van der Waals surface area contributed by atoms with Crippen LogP contribution in [-0.2, 0) is 0 Å². The smallest absolute Gasteiger partial charge is 0.0342 e. The molecule has 0 aliphatic heterocycles. The van der Waals surface area contributed by atoms with Crippen molar-refractivity contribution in [2.45, 2.75) is 38.1 Å². The number of nitrogens with one attached hydrogen (secondary N) is 1. The maximum Gasteiger partial charge on any atom is 0.0342 e. The summed E-state index contributed by atoms with van der Waals surface area (Å²) in [5.41, 5.74) is 1.27. The van der Waals surface area contributed by atoms with Gasteiger partial charge in [-0.1, -0.05) is 37.5 Å². The highest BCUT2D eigenvalue weighted by molar-refractivity contribution is 5.43. The lowest BCUT2D eigenvalue weighted by Crippen LogP contribution is -3.00. The predicted molar refractivity (Wildman–Crippen MR) is 56.9 cm³/mol. The summed E-state index contributed by atoms with van der Waals surface area (Å²) in [6.07, 6.45) is 6.89. The monoisotopic (exact) mass is 210 g/mol. The van der Waals surface area contributed by atoms with E-state index in [1.54, 1.807) is 0 Å². The predicted octanol–water partition coefficient (Wildman–Crippen LogP) is 0.435. The first-order valence-electron chi connectivity index (χ1n) is 5.27. The molecule has 0 saturated heterocycles. The highest BCUT2D eigenvalue weighted by atomic mass is 35.5. The summed E-state index contributed by atoms with van der Waals surface area (Å²) in [7, 11) is 0. The van der Waals surface area contributed by atoms with E-state index in [0.29, 0.717) is 0 Å². The average Bonchev–Trinajstić information content (AvgIpc) is 2.21. The van der Waals surface area contributed by atoms with Crippen LogP contribution in [0, 0.1) is 0 Å². The van der Waals surface area contributed by atoms with Gasteiger partial charge in [0.2, 0.25) is 0 Å². The molecule has 0 heterocycles. The van der Waals surface area contributed by atoms with E-state index in [9.17, 15) is 0 Å². The van der Waals surface area contributed by atoms with Crippen LogP contribution >= 0.6 is 0 Å². The molecule has 1 nitrogen and oxygen atoms in total. The molecular formula is C12H17ClN-. The molecule has 0 unspecified atom stereocenters. The minimum absolute atomic E-state index is 0. The number of hydrogen-bond acceptors (Lipinski definition) is 1. The number of benzene rings is 1. The molecule has 2 rings (SSSR count). The molecule has 1 N–H and O–H groups in total. The molecule has 0 atom stereocenters. The molecule has 14 heavy (non-hydrogen) atoms. The van der Waals surface area contributed by atoms with Gasteiger partial charge in [0.15, 0.2) is 0 Å². The van der Waals surface area contributed by atoms with Gasteiger partial charge in [0.05, 0.1) is 0 Å². The van der Waals surface area contributed by atoms with E-state index in [1.165, 1.54) is 37.8 Å². The number of halogens is 1. The van der Waals surface area contributed by atoms with Gasteiger partial charge >= 0.3 is 0 Å². The van der Waals surface area contributed by atoms with Gasteiger partial charge in [-0.25, -0.2) is 0 Å². The van der Waals surface area contributed by atoms with Crippen LogP contribution in [0.2, 0.25) is 0 Å². The summed E-state index contributed by atoms with van der Waals surface area (Å²) in [6.45, 7) is 0. The van der Waals surface area contributed by atoms with Crippen LogP contribution in [0.25, 0.3) is 0 Å². The quantitative estimate of drug-likeness (QED) is 0.747. The number of para-hydroxylation sites is 1. The zero-order valence-electron chi connectivity index (χ0n) is 8.38. The Balaban J connectivity index is 0.000000980. The van der Waals surface area contributed by atoms with E-state index in [1.807, 2.05) is 0 Å². The molecule has 0 amide bonds. The number of rotatable bonds is 2. The topological polar surface area (TPSA) is 12.0 Å². The second-order valence-electron chi connectivity index (χ2n) is 3.85. The first-order valence-corrected chi connectivity index (χ1v) is 5.27. The van der Waals surface area contributed by atoms with Gasteiger partial charge in [0.1, 0.15) is 0 Å². The minimum Gasteiger partial charge on any atom is -1.00 e. The van der Waals surface area contributed by atoms with Crippen LogP contribution in [0.1, 0.15) is 32.1 Å². The van der Waals surface area contributed by atoms with Crippen molar-refractivity contribution in [3.8, 4) is 0 Å². The van der Waals surface area contributed by atoms with Crippen LogP contribution in [0.5, 0.6) is 0 Å². The molecule has 1 aliphatic carbocycles. The molecule has 0 bridgehead atoms. The molecule has 1 saturated carbocycles. The van der Waals surface area contributed by atoms with E-state index in [-0.39, 0.29) is 12.4 Å². The third-order valence-electron chi connectivity index (χ3n) is 2.75. The molecule has 1 aromatic carbocycles. The lowest BCUT2D eigenvalue weighted by atomic mass is 9.95. The molecule has 0 spiro atoms. The first kappa shape index (κ1) is 11.4. The third-order valence-corrected chi connectivity index (χ3v) is 2.75. The summed E-state index contributed by atoms with van der Waals surface area (Å²) >= 11 is 0. The Morgan fingerprint density at radius 1 is 0.929 bits per heavy atom. The normalized spacial score (nSPS) is 17.1. The van der Waals surface area contributed by atoms with E-state index >= 15 is 0 Å². The Morgan fingerprint density at radius 2 is 1.57 bits per heavy atom. The molecule has 2 heteroatoms. The summed E-state index contributed by atoms with van der Waals surface area (Å²) in [5, 5.41) is 3.58. The van der Waals surface area contributed by atoms with Crippen molar-refractivity contribution in [3.63, 3.8) is 0 Å². The summed E-state index contributed by atoms with van der Waals surface area (Å²) < 4.78 is 0. The molecule has 0 radical (unpaired) electrons. The summed E-state index contributed by atoms with van der Waals surface area (Å²) in [4.78, 5) is 0. The maximum absolute atomic E-state index is 3.58. The van der Waals surface area contributed by atoms with Crippen molar-refractivity contribution in [2.75, 3.05) is 5.32 Å². The average molecular weight is 211 g/mol. The Labute approximate surface area is 92.3 Å². The van der Waals surface area contributed by atoms with Crippen LogP contribution in [0.15, 0.2) is 30.3 Å². The minimum atomic E-state index is 0. The van der Waals surface area contributed by atoms with Gasteiger partial charge in [0.25, 0.3) is 0 Å². The van der Waals surface area contributed by atoms with Gasteiger partial charge in [-0.2, -0.15) is 0 Å². The van der Waals surface area contributed by atoms with Gasteiger partial charge in [-0.15, -0.1) is 0 Å². The first-order chi connectivity index (χ1) is 6.45. The standard InChI is InChI=1S/C12H17N.ClH/c1-3-7-11(8-4-1)13-12-9-5-2-6-10-12;/h1,3-4,7-8,12-13H,2,5-6,9-10H2;1H/p-1. The second-order valence-corrected chi connectivity index (χ2v) is 3.85. The van der Waals surface area contributed by atoms with Crippen molar-refractivity contribution < 1.29 is 12.4 Å². The van der Waals surface area contributed by atoms with Crippen LogP contribution < -0.4 is 17.7 Å². The zero-order valence-corrected chi connectivity index (χ0v) is 9.13. The van der Waals surface area contributed by atoms with Crippen molar-refractivity contribution in [3.05, 3.63) is 30.3 Å². The van der Waals surface area contributed by atoms with E-state index in [4.69, 9.17) is 0 Å². The zero-order chi connectivity index (χ0) is 8.93. The van der Waals surface area contributed by atoms with Gasteiger partial charge in [0, 0.05) is 11.7 Å². The largest absolute Gasteiger partial charge is 1.00 e. The van der Waals surface area contributed by atoms with Crippen LogP contribution in [0.4, 0.5) is 5.69 Å². The van der Waals surface area contributed by atoms with Crippen molar-refractivity contribution in [2.24, 2.45) is 0 Å². The van der Waals surface area contributed by atoms with Crippen LogP contribution in [0.3, 0.4) is 0 Å². The van der Waals surface area contributed by atoms with Gasteiger partial charge < -0.3 is 17.7 Å². The second kappa shape index (κ2) is 5.92. The molecular weight excluding hydrogens is 194 g/mol. The fourth-order valence-electron chi connectivity index (χ4n) is 2.02. The highest BCUT2D eigenvalue weighted by Crippen LogP contribution is 2.21. The van der Waals surface area contributed by atoms with Crippen LogP contribution in [-0.4, -0.2) is 6.04 Å². The van der Waals surface area contributed by atoms with Crippen molar-refractivity contribution >= 4 is 5.69 Å². The maximum atomic E-state index is 3.58. The highest BCUT2D eigenvalue weighted by Gasteiger charge is 2.12. The SMILES string of the molecule is [Cl-].c1ccc(NC2CCCCC2)cc1. The molecule has 1 aromatic rings. The fraction of sp³-hybridized carbons (Fsp3) is 0.500. The van der Waals surface area contributed by atoms with Crippen molar-refractivity contribution in [1.29, 1.82) is 0 Å². The van der Waals surface area contributed by atoms with E-state index in [2.05, 4.69) is 35.6 Å². The Bertz CT molecular complexity index is 242. The molecule has 78 valence electrons. The molecule has 1 fully saturated rings. The van der Waals surface area contributed by atoms with Crippen molar-refractivity contribution in [1.82, 2.24) is 0 Å². The fourth-order valence-corrected chi connectivity index (χ4v) is 2.02. The lowest BCUT2D eigenvalue weighted by Gasteiger charge is -2.23. The van der Waals surface area contributed by atoms with Gasteiger partial charge in [-0.3, -0.25) is 0 Å². The Morgan fingerprint density at radius 3 is 2.21 bits per heavy atom. The van der Waals surface area contributed by atoms with E-state index < -0.39 is 0 Å². The molecule has 1 aliphatic rings. The Kier molecular flexibility index (Phi) is 4.81. The Hall–Kier alpha value is -0.690. The number of hydrogen-bond donors (Lipinski definition) is 1. The third kappa shape index (κ3) is 3.22.